The van der Waals surface area contributed by atoms with E-state index in [0.29, 0.717) is 17.4 Å². The Bertz CT molecular complexity index is 618. The van der Waals surface area contributed by atoms with Crippen LogP contribution in [0.1, 0.15) is 18.4 Å². The highest BCUT2D eigenvalue weighted by Gasteiger charge is 2.24. The molecule has 1 saturated heterocycles. The molecule has 110 valence electrons. The number of nitrogens with one attached hydrogen (secondary N) is 1. The van der Waals surface area contributed by atoms with E-state index in [-0.39, 0.29) is 23.2 Å². The van der Waals surface area contributed by atoms with Crippen LogP contribution in [0.3, 0.4) is 0 Å². The standard InChI is InChI=1S/C12H15BrN2O4S/c13-11-4-3-9(6-12(11)15(16)17)7-14-10-2-1-5-20(18,19)8-10/h3-4,6,10,14H,1-2,5,7-8H2. The van der Waals surface area contributed by atoms with Gasteiger partial charge in [0, 0.05) is 18.7 Å². The molecule has 6 nitrogen and oxygen atoms in total. The number of nitrogens with zero attached hydrogens (tertiary/aromatic N) is 1. The highest BCUT2D eigenvalue weighted by Crippen LogP contribution is 2.25. The Balaban J connectivity index is 2.01. The van der Waals surface area contributed by atoms with E-state index >= 15 is 0 Å². The average molecular weight is 363 g/mol. The summed E-state index contributed by atoms with van der Waals surface area (Å²) in [6, 6.07) is 4.83. The van der Waals surface area contributed by atoms with E-state index in [2.05, 4.69) is 21.2 Å². The fourth-order valence-corrected chi connectivity index (χ4v) is 4.32. The predicted molar refractivity (Wildman–Crippen MR) is 79.3 cm³/mol. The van der Waals surface area contributed by atoms with Gasteiger partial charge in [-0.3, -0.25) is 10.1 Å². The van der Waals surface area contributed by atoms with Crippen molar-refractivity contribution in [3.05, 3.63) is 38.3 Å². The van der Waals surface area contributed by atoms with Crippen molar-refractivity contribution in [2.45, 2.75) is 25.4 Å². The largest absolute Gasteiger partial charge is 0.309 e. The minimum atomic E-state index is -2.94. The molecule has 1 unspecified atom stereocenters. The number of halogens is 1. The highest BCUT2D eigenvalue weighted by molar-refractivity contribution is 9.10. The lowest BCUT2D eigenvalue weighted by molar-refractivity contribution is -0.385. The molecule has 0 bridgehead atoms. The second-order valence-electron chi connectivity index (χ2n) is 4.88. The van der Waals surface area contributed by atoms with Crippen molar-refractivity contribution in [2.75, 3.05) is 11.5 Å². The Kier molecular flexibility index (Phi) is 4.77. The molecule has 8 heteroatoms. The summed E-state index contributed by atoms with van der Waals surface area (Å²) < 4.78 is 23.5. The molecule has 0 spiro atoms. The highest BCUT2D eigenvalue weighted by atomic mass is 79.9. The van der Waals surface area contributed by atoms with Gasteiger partial charge in [-0.1, -0.05) is 6.07 Å². The van der Waals surface area contributed by atoms with Gasteiger partial charge in [0.15, 0.2) is 9.84 Å². The van der Waals surface area contributed by atoms with Gasteiger partial charge in [0.1, 0.15) is 0 Å². The summed E-state index contributed by atoms with van der Waals surface area (Å²) >= 11 is 3.13. The van der Waals surface area contributed by atoms with E-state index in [1.165, 1.54) is 6.07 Å². The van der Waals surface area contributed by atoms with Gasteiger partial charge in [0.25, 0.3) is 5.69 Å². The quantitative estimate of drug-likeness (QED) is 0.653. The van der Waals surface area contributed by atoms with Gasteiger partial charge in [0.2, 0.25) is 0 Å². The van der Waals surface area contributed by atoms with Gasteiger partial charge in [-0.2, -0.15) is 0 Å². The molecular weight excluding hydrogens is 348 g/mol. The molecule has 1 aromatic carbocycles. The van der Waals surface area contributed by atoms with Gasteiger partial charge in [-0.05, 0) is 40.4 Å². The van der Waals surface area contributed by atoms with Gasteiger partial charge >= 0.3 is 0 Å². The Morgan fingerprint density at radius 3 is 2.85 bits per heavy atom. The smallest absolute Gasteiger partial charge is 0.283 e. The molecule has 20 heavy (non-hydrogen) atoms. The fraction of sp³-hybridized carbons (Fsp3) is 0.500. The lowest BCUT2D eigenvalue weighted by Gasteiger charge is -2.23. The zero-order chi connectivity index (χ0) is 14.8. The molecule has 0 amide bonds. The maximum atomic E-state index is 11.5. The van der Waals surface area contributed by atoms with Crippen LogP contribution < -0.4 is 5.32 Å². The van der Waals surface area contributed by atoms with Crippen LogP contribution >= 0.6 is 15.9 Å². The number of nitro groups is 1. The summed E-state index contributed by atoms with van der Waals surface area (Å²) in [6.07, 6.45) is 1.48. The number of hydrogen-bond donors (Lipinski definition) is 1. The fourth-order valence-electron chi connectivity index (χ4n) is 2.25. The lowest BCUT2D eigenvalue weighted by atomic mass is 10.1. The van der Waals surface area contributed by atoms with Crippen LogP contribution in [0.4, 0.5) is 5.69 Å². The predicted octanol–water partition coefficient (Wildman–Crippen LogP) is 2.02. The second-order valence-corrected chi connectivity index (χ2v) is 7.96. The van der Waals surface area contributed by atoms with Gasteiger partial charge in [0.05, 0.1) is 20.9 Å². The van der Waals surface area contributed by atoms with E-state index in [9.17, 15) is 18.5 Å². The van der Waals surface area contributed by atoms with Gasteiger partial charge in [-0.25, -0.2) is 8.42 Å². The maximum absolute atomic E-state index is 11.5. The topological polar surface area (TPSA) is 89.3 Å². The molecule has 1 aromatic rings. The Morgan fingerprint density at radius 1 is 1.45 bits per heavy atom. The molecule has 1 N–H and O–H groups in total. The van der Waals surface area contributed by atoms with Crippen LogP contribution in [0, 0.1) is 10.1 Å². The molecule has 2 rings (SSSR count). The van der Waals surface area contributed by atoms with Crippen molar-refractivity contribution in [3.8, 4) is 0 Å². The van der Waals surface area contributed by atoms with Crippen LogP contribution in [0.15, 0.2) is 22.7 Å². The molecule has 1 aliphatic heterocycles. The average Bonchev–Trinajstić information content (AvgIpc) is 2.36. The van der Waals surface area contributed by atoms with E-state index < -0.39 is 14.8 Å². The van der Waals surface area contributed by atoms with Gasteiger partial charge < -0.3 is 5.32 Å². The molecule has 0 aliphatic carbocycles. The maximum Gasteiger partial charge on any atom is 0.283 e. The Hall–Kier alpha value is -0.990. The minimum Gasteiger partial charge on any atom is -0.309 e. The van der Waals surface area contributed by atoms with E-state index in [1.807, 2.05) is 0 Å². The molecule has 1 aliphatic rings. The van der Waals surface area contributed by atoms with Crippen LogP contribution in [0.25, 0.3) is 0 Å². The normalized spacial score (nSPS) is 21.6. The second kappa shape index (κ2) is 6.19. The number of benzene rings is 1. The number of hydrogen-bond acceptors (Lipinski definition) is 5. The summed E-state index contributed by atoms with van der Waals surface area (Å²) in [5, 5.41) is 14.0. The molecule has 0 saturated carbocycles. The third kappa shape index (κ3) is 4.00. The number of sulfone groups is 1. The third-order valence-electron chi connectivity index (χ3n) is 3.27. The van der Waals surface area contributed by atoms with E-state index in [4.69, 9.17) is 0 Å². The Morgan fingerprint density at radius 2 is 2.20 bits per heavy atom. The monoisotopic (exact) mass is 362 g/mol. The van der Waals surface area contributed by atoms with Crippen molar-refractivity contribution in [3.63, 3.8) is 0 Å². The first-order valence-corrected chi connectivity index (χ1v) is 8.85. The first-order chi connectivity index (χ1) is 9.37. The number of nitro benzene ring substituents is 1. The van der Waals surface area contributed by atoms with E-state index in [0.717, 1.165) is 12.0 Å². The SMILES string of the molecule is O=[N+]([O-])c1cc(CNC2CCCS(=O)(=O)C2)ccc1Br. The molecule has 0 radical (unpaired) electrons. The number of rotatable bonds is 4. The van der Waals surface area contributed by atoms with Gasteiger partial charge in [-0.15, -0.1) is 0 Å². The summed E-state index contributed by atoms with van der Waals surface area (Å²) in [5.41, 5.74) is 0.781. The molecule has 1 heterocycles. The minimum absolute atomic E-state index is 0.0144. The zero-order valence-electron chi connectivity index (χ0n) is 10.7. The van der Waals surface area contributed by atoms with Crippen LogP contribution in [0.2, 0.25) is 0 Å². The van der Waals surface area contributed by atoms with Crippen LogP contribution in [-0.4, -0.2) is 30.9 Å². The summed E-state index contributed by atoms with van der Waals surface area (Å²) in [6.45, 7) is 0.425. The van der Waals surface area contributed by atoms with Crippen molar-refractivity contribution >= 4 is 31.5 Å². The van der Waals surface area contributed by atoms with E-state index in [1.54, 1.807) is 12.1 Å². The first kappa shape index (κ1) is 15.4. The Labute approximate surface area is 125 Å². The molecular formula is C12H15BrN2O4S. The first-order valence-electron chi connectivity index (χ1n) is 6.24. The summed E-state index contributed by atoms with van der Waals surface area (Å²) in [4.78, 5) is 10.4. The third-order valence-corrected chi connectivity index (χ3v) is 5.76. The van der Waals surface area contributed by atoms with Crippen molar-refractivity contribution in [2.24, 2.45) is 0 Å². The molecule has 1 fully saturated rings. The summed E-state index contributed by atoms with van der Waals surface area (Å²) in [5.74, 6) is 0.403. The zero-order valence-corrected chi connectivity index (χ0v) is 13.1. The summed E-state index contributed by atoms with van der Waals surface area (Å²) in [7, 11) is -2.94. The molecule has 1 atom stereocenters. The van der Waals surface area contributed by atoms with Crippen LogP contribution in [-0.2, 0) is 16.4 Å². The van der Waals surface area contributed by atoms with Crippen molar-refractivity contribution in [1.82, 2.24) is 5.32 Å². The lowest BCUT2D eigenvalue weighted by Crippen LogP contribution is -2.39. The molecule has 0 aromatic heterocycles. The van der Waals surface area contributed by atoms with Crippen molar-refractivity contribution < 1.29 is 13.3 Å². The van der Waals surface area contributed by atoms with Crippen LogP contribution in [0.5, 0.6) is 0 Å². The van der Waals surface area contributed by atoms with Crippen molar-refractivity contribution in [1.29, 1.82) is 0 Å².